The first kappa shape index (κ1) is 15.5. The highest BCUT2D eigenvalue weighted by atomic mass is 127. The molecule has 0 saturated heterocycles. The third-order valence-corrected chi connectivity index (χ3v) is 6.08. The first-order valence-corrected chi connectivity index (χ1v) is 8.58. The molecule has 1 fully saturated rings. The molecule has 0 unspecified atom stereocenters. The van der Waals surface area contributed by atoms with Crippen molar-refractivity contribution in [2.24, 2.45) is 5.92 Å². The molecule has 19 heavy (non-hydrogen) atoms. The number of anilines is 2. The Bertz CT molecular complexity index is 585. The second-order valence-electron chi connectivity index (χ2n) is 4.17. The molecule has 0 radical (unpaired) electrons. The number of hydrogen-bond donors (Lipinski definition) is 3. The van der Waals surface area contributed by atoms with Crippen molar-refractivity contribution < 1.29 is 14.7 Å². The van der Waals surface area contributed by atoms with E-state index in [1.807, 2.05) is 67.8 Å². The zero-order chi connectivity index (χ0) is 14.3. The Morgan fingerprint density at radius 1 is 1.16 bits per heavy atom. The summed E-state index contributed by atoms with van der Waals surface area (Å²) in [5.74, 6) is -1.05. The first-order chi connectivity index (χ1) is 8.84. The molecule has 1 aliphatic rings. The summed E-state index contributed by atoms with van der Waals surface area (Å²) in [6.07, 6.45) is 1.79. The summed E-state index contributed by atoms with van der Waals surface area (Å²) in [4.78, 5) is 23.2. The smallest absolute Gasteiger partial charge is 0.338 e. The highest BCUT2D eigenvalue weighted by Crippen LogP contribution is 2.38. The average molecular weight is 598 g/mol. The molecule has 5 nitrogen and oxygen atoms in total. The van der Waals surface area contributed by atoms with E-state index in [-0.39, 0.29) is 17.4 Å². The topological polar surface area (TPSA) is 92.4 Å². The lowest BCUT2D eigenvalue weighted by atomic mass is 10.1. The fourth-order valence-electron chi connectivity index (χ4n) is 1.55. The van der Waals surface area contributed by atoms with Crippen molar-refractivity contribution in [3.8, 4) is 0 Å². The summed E-state index contributed by atoms with van der Waals surface area (Å²) < 4.78 is 1.70. The number of rotatable bonds is 3. The predicted octanol–water partition coefficient (Wildman–Crippen LogP) is 3.13. The van der Waals surface area contributed by atoms with Crippen LogP contribution in [0.25, 0.3) is 0 Å². The number of carboxylic acids is 1. The Morgan fingerprint density at radius 2 is 1.74 bits per heavy atom. The van der Waals surface area contributed by atoms with Crippen molar-refractivity contribution in [1.82, 2.24) is 0 Å². The predicted molar refractivity (Wildman–Crippen MR) is 97.3 cm³/mol. The van der Waals surface area contributed by atoms with E-state index < -0.39 is 5.97 Å². The fourth-order valence-corrected chi connectivity index (χ4v) is 5.45. The summed E-state index contributed by atoms with van der Waals surface area (Å²) in [5.41, 5.74) is 6.97. The number of benzene rings is 1. The normalized spacial score (nSPS) is 14.3. The van der Waals surface area contributed by atoms with E-state index in [1.165, 1.54) is 0 Å². The number of carbonyl (C=O) groups excluding carboxylic acids is 1. The van der Waals surface area contributed by atoms with Gasteiger partial charge in [0.05, 0.1) is 27.6 Å². The van der Waals surface area contributed by atoms with Gasteiger partial charge in [0.1, 0.15) is 0 Å². The molecule has 0 aliphatic heterocycles. The van der Waals surface area contributed by atoms with Crippen LogP contribution in [-0.2, 0) is 4.79 Å². The first-order valence-electron chi connectivity index (χ1n) is 5.34. The number of hydrogen-bond acceptors (Lipinski definition) is 3. The Morgan fingerprint density at radius 3 is 2.21 bits per heavy atom. The molecule has 0 spiro atoms. The molecular formula is C11H9I3N2O3. The van der Waals surface area contributed by atoms with Gasteiger partial charge in [-0.05, 0) is 80.6 Å². The molecule has 2 rings (SSSR count). The van der Waals surface area contributed by atoms with Gasteiger partial charge >= 0.3 is 5.97 Å². The van der Waals surface area contributed by atoms with Crippen LogP contribution in [0.2, 0.25) is 0 Å². The van der Waals surface area contributed by atoms with Crippen molar-refractivity contribution in [3.05, 3.63) is 16.3 Å². The molecule has 1 aromatic rings. The SMILES string of the molecule is Nc1c(I)c(NC(=O)C2CC2)c(I)c(C(=O)O)c1I. The van der Waals surface area contributed by atoms with E-state index in [2.05, 4.69) is 5.32 Å². The number of halogens is 3. The maximum absolute atomic E-state index is 11.8. The molecule has 4 N–H and O–H groups in total. The highest BCUT2D eigenvalue weighted by molar-refractivity contribution is 14.1. The molecule has 0 atom stereocenters. The van der Waals surface area contributed by atoms with Crippen LogP contribution in [0.1, 0.15) is 23.2 Å². The van der Waals surface area contributed by atoms with Crippen LogP contribution in [-0.4, -0.2) is 17.0 Å². The van der Waals surface area contributed by atoms with E-state index >= 15 is 0 Å². The minimum atomic E-state index is -1.04. The van der Waals surface area contributed by atoms with Gasteiger partial charge < -0.3 is 16.2 Å². The van der Waals surface area contributed by atoms with Gasteiger partial charge in [0.25, 0.3) is 0 Å². The largest absolute Gasteiger partial charge is 0.478 e. The number of nitrogen functional groups attached to an aromatic ring is 1. The number of aromatic carboxylic acids is 1. The third kappa shape index (κ3) is 3.09. The molecule has 0 bridgehead atoms. The molecule has 1 amide bonds. The number of carbonyl (C=O) groups is 2. The molecule has 1 aliphatic carbocycles. The third-order valence-electron chi connectivity index (χ3n) is 2.76. The lowest BCUT2D eigenvalue weighted by Gasteiger charge is -2.16. The van der Waals surface area contributed by atoms with Crippen LogP contribution in [0.5, 0.6) is 0 Å². The van der Waals surface area contributed by atoms with Gasteiger partial charge in [-0.15, -0.1) is 0 Å². The zero-order valence-electron chi connectivity index (χ0n) is 9.47. The van der Waals surface area contributed by atoms with Crippen molar-refractivity contribution in [3.63, 3.8) is 0 Å². The molecular weight excluding hydrogens is 589 g/mol. The fraction of sp³-hybridized carbons (Fsp3) is 0.273. The minimum absolute atomic E-state index is 0.0559. The highest BCUT2D eigenvalue weighted by Gasteiger charge is 2.31. The van der Waals surface area contributed by atoms with Crippen molar-refractivity contribution in [1.29, 1.82) is 0 Å². The van der Waals surface area contributed by atoms with Gasteiger partial charge in [-0.25, -0.2) is 4.79 Å². The molecule has 0 aromatic heterocycles. The minimum Gasteiger partial charge on any atom is -0.478 e. The van der Waals surface area contributed by atoms with Crippen LogP contribution < -0.4 is 11.1 Å². The van der Waals surface area contributed by atoms with Crippen LogP contribution in [0.4, 0.5) is 11.4 Å². The Kier molecular flexibility index (Phi) is 4.80. The van der Waals surface area contributed by atoms with E-state index in [0.717, 1.165) is 12.8 Å². The van der Waals surface area contributed by atoms with Gasteiger partial charge in [-0.3, -0.25) is 4.79 Å². The Balaban J connectivity index is 2.52. The lowest BCUT2D eigenvalue weighted by molar-refractivity contribution is -0.117. The van der Waals surface area contributed by atoms with Gasteiger partial charge in [-0.2, -0.15) is 0 Å². The summed E-state index contributed by atoms with van der Waals surface area (Å²) in [6.45, 7) is 0. The van der Waals surface area contributed by atoms with Crippen LogP contribution in [0.15, 0.2) is 0 Å². The number of nitrogens with two attached hydrogens (primary N) is 1. The molecule has 1 aromatic carbocycles. The summed E-state index contributed by atoms with van der Waals surface area (Å²) >= 11 is 5.89. The van der Waals surface area contributed by atoms with E-state index in [0.29, 0.717) is 22.1 Å². The monoisotopic (exact) mass is 598 g/mol. The Hall–Kier alpha value is 0.150. The van der Waals surface area contributed by atoms with Crippen LogP contribution in [0.3, 0.4) is 0 Å². The molecule has 1 saturated carbocycles. The van der Waals surface area contributed by atoms with Crippen molar-refractivity contribution in [2.45, 2.75) is 12.8 Å². The number of nitrogens with one attached hydrogen (secondary N) is 1. The van der Waals surface area contributed by atoms with E-state index in [1.54, 1.807) is 0 Å². The molecule has 8 heteroatoms. The van der Waals surface area contributed by atoms with E-state index in [4.69, 9.17) is 5.73 Å². The molecule has 102 valence electrons. The summed E-state index contributed by atoms with van der Waals surface area (Å²) in [6, 6.07) is 0. The maximum Gasteiger partial charge on any atom is 0.338 e. The number of amides is 1. The van der Waals surface area contributed by atoms with Gasteiger partial charge in [0, 0.05) is 5.92 Å². The van der Waals surface area contributed by atoms with Gasteiger partial charge in [0.2, 0.25) is 5.91 Å². The standard InChI is InChI=1S/C11H9I3N2O3/c12-5-4(11(18)19)6(13)9(7(14)8(5)15)16-10(17)3-1-2-3/h3H,1-2,15H2,(H,16,17)(H,18,19). The summed E-state index contributed by atoms with van der Waals surface area (Å²) in [5, 5.41) is 12.1. The Labute approximate surface area is 150 Å². The van der Waals surface area contributed by atoms with Crippen molar-refractivity contribution >= 4 is 91.0 Å². The number of carboxylic acid groups (broad SMARTS) is 1. The summed E-state index contributed by atoms with van der Waals surface area (Å²) in [7, 11) is 0. The second-order valence-corrected chi connectivity index (χ2v) is 7.41. The average Bonchev–Trinajstić information content (AvgIpc) is 3.15. The molecule has 0 heterocycles. The second kappa shape index (κ2) is 5.87. The van der Waals surface area contributed by atoms with E-state index in [9.17, 15) is 14.7 Å². The lowest BCUT2D eigenvalue weighted by Crippen LogP contribution is -2.18. The van der Waals surface area contributed by atoms with Crippen LogP contribution >= 0.6 is 67.8 Å². The van der Waals surface area contributed by atoms with Crippen molar-refractivity contribution in [2.75, 3.05) is 11.1 Å². The van der Waals surface area contributed by atoms with Crippen LogP contribution in [0, 0.1) is 16.6 Å². The van der Waals surface area contributed by atoms with Gasteiger partial charge in [-0.1, -0.05) is 0 Å². The van der Waals surface area contributed by atoms with Gasteiger partial charge in [0.15, 0.2) is 0 Å². The quantitative estimate of drug-likeness (QED) is 0.369. The zero-order valence-corrected chi connectivity index (χ0v) is 15.9. The maximum atomic E-state index is 11.8.